The Morgan fingerprint density at radius 3 is 2.48 bits per heavy atom. The lowest BCUT2D eigenvalue weighted by Gasteiger charge is -2.32. The fraction of sp³-hybridized carbons (Fsp3) is 0.300. The smallest absolute Gasteiger partial charge is 0.300 e. The van der Waals surface area contributed by atoms with Crippen molar-refractivity contribution in [2.45, 2.75) is 13.0 Å². The van der Waals surface area contributed by atoms with Crippen LogP contribution < -0.4 is 14.4 Å². The molecule has 0 fully saturated rings. The normalized spacial score (nSPS) is 16.3. The van der Waals surface area contributed by atoms with E-state index in [2.05, 4.69) is 20.8 Å². The van der Waals surface area contributed by atoms with Crippen molar-refractivity contribution >= 4 is 33.3 Å². The van der Waals surface area contributed by atoms with Crippen LogP contribution in [0.4, 0.5) is 5.69 Å². The molecular weight excluding hydrogens is 412 g/mol. The number of hydrogen-bond acceptors (Lipinski definition) is 5. The molecule has 0 saturated carbocycles. The van der Waals surface area contributed by atoms with Crippen LogP contribution in [0.2, 0.25) is 0 Å². The molecule has 7 heteroatoms. The van der Waals surface area contributed by atoms with E-state index in [9.17, 15) is 9.59 Å². The first-order valence-electron chi connectivity index (χ1n) is 8.64. The number of hydrogen-bond donors (Lipinski definition) is 0. The van der Waals surface area contributed by atoms with E-state index in [4.69, 9.17) is 9.47 Å². The topological polar surface area (TPSA) is 59.1 Å². The minimum Gasteiger partial charge on any atom is -0.493 e. The molecule has 27 heavy (non-hydrogen) atoms. The minimum atomic E-state index is -0.477. The Kier molecular flexibility index (Phi) is 4.65. The molecule has 0 bridgehead atoms. The number of carbonyl (C=O) groups excluding carboxylic acids is 2. The lowest BCUT2D eigenvalue weighted by Crippen LogP contribution is -2.43. The first-order chi connectivity index (χ1) is 13.0. The van der Waals surface area contributed by atoms with Gasteiger partial charge in [-0.1, -0.05) is 6.07 Å². The highest BCUT2D eigenvalue weighted by Gasteiger charge is 2.38. The Labute approximate surface area is 165 Å². The van der Waals surface area contributed by atoms with Gasteiger partial charge in [0.2, 0.25) is 0 Å². The zero-order valence-electron chi connectivity index (χ0n) is 15.1. The van der Waals surface area contributed by atoms with Crippen molar-refractivity contribution in [3.8, 4) is 11.5 Å². The van der Waals surface area contributed by atoms with Gasteiger partial charge in [-0.25, -0.2) is 0 Å². The summed E-state index contributed by atoms with van der Waals surface area (Å²) in [6, 6.07) is 9.44. The number of amides is 1. The van der Waals surface area contributed by atoms with Gasteiger partial charge in [-0.15, -0.1) is 0 Å². The van der Waals surface area contributed by atoms with Crippen molar-refractivity contribution in [3.05, 3.63) is 51.5 Å². The van der Waals surface area contributed by atoms with E-state index in [1.54, 1.807) is 25.2 Å². The summed E-state index contributed by atoms with van der Waals surface area (Å²) in [7, 11) is 3.25. The summed E-state index contributed by atoms with van der Waals surface area (Å²) < 4.78 is 11.4. The van der Waals surface area contributed by atoms with Crippen LogP contribution in [0.1, 0.15) is 21.5 Å². The van der Waals surface area contributed by atoms with Gasteiger partial charge < -0.3 is 9.47 Å². The highest BCUT2D eigenvalue weighted by Crippen LogP contribution is 2.36. The monoisotopic (exact) mass is 430 g/mol. The van der Waals surface area contributed by atoms with Gasteiger partial charge in [-0.3, -0.25) is 19.4 Å². The number of Topliss-reactive ketones (excluding diaryl/α,β-unsaturated/α-hetero) is 1. The number of nitrogens with zero attached hydrogens (tertiary/aromatic N) is 2. The number of anilines is 1. The molecule has 2 aromatic rings. The van der Waals surface area contributed by atoms with Gasteiger partial charge in [0.05, 0.1) is 32.1 Å². The summed E-state index contributed by atoms with van der Waals surface area (Å²) in [5.41, 5.74) is 3.48. The molecular formula is C20H19BrN2O4. The van der Waals surface area contributed by atoms with Crippen LogP contribution in [0.5, 0.6) is 11.5 Å². The molecule has 0 atom stereocenters. The molecule has 0 unspecified atom stereocenters. The quantitative estimate of drug-likeness (QED) is 0.697. The van der Waals surface area contributed by atoms with Crippen LogP contribution in [0.25, 0.3) is 0 Å². The van der Waals surface area contributed by atoms with Crippen molar-refractivity contribution in [2.24, 2.45) is 0 Å². The molecule has 2 heterocycles. The van der Waals surface area contributed by atoms with Crippen LogP contribution in [-0.4, -0.2) is 44.0 Å². The molecule has 2 aliphatic rings. The summed E-state index contributed by atoms with van der Waals surface area (Å²) >= 11 is 3.38. The van der Waals surface area contributed by atoms with Crippen molar-refractivity contribution in [1.82, 2.24) is 4.90 Å². The Morgan fingerprint density at radius 2 is 1.78 bits per heavy atom. The number of benzene rings is 2. The van der Waals surface area contributed by atoms with E-state index >= 15 is 0 Å². The zero-order valence-corrected chi connectivity index (χ0v) is 16.7. The molecule has 0 aliphatic carbocycles. The van der Waals surface area contributed by atoms with Crippen LogP contribution >= 0.6 is 15.9 Å². The number of fused-ring (bicyclic) bond motifs is 2. The number of carbonyl (C=O) groups is 2. The fourth-order valence-corrected chi connectivity index (χ4v) is 4.24. The highest BCUT2D eigenvalue weighted by molar-refractivity contribution is 9.10. The fourth-order valence-electron chi connectivity index (χ4n) is 3.70. The molecule has 0 aromatic heterocycles. The number of ketones is 1. The molecule has 0 spiro atoms. The number of methoxy groups -OCH3 is 2. The summed E-state index contributed by atoms with van der Waals surface area (Å²) in [4.78, 5) is 28.6. The summed E-state index contributed by atoms with van der Waals surface area (Å²) in [5, 5.41) is 0. The first kappa shape index (κ1) is 18.0. The Hall–Kier alpha value is -2.38. The van der Waals surface area contributed by atoms with Crippen LogP contribution in [0, 0.1) is 0 Å². The average Bonchev–Trinajstić information content (AvgIpc) is 2.92. The van der Waals surface area contributed by atoms with Crippen LogP contribution in [0.15, 0.2) is 34.8 Å². The van der Waals surface area contributed by atoms with Gasteiger partial charge in [0.15, 0.2) is 11.5 Å². The summed E-state index contributed by atoms with van der Waals surface area (Å²) in [5.74, 6) is 0.486. The van der Waals surface area contributed by atoms with E-state index < -0.39 is 11.7 Å². The van der Waals surface area contributed by atoms with E-state index in [0.717, 1.165) is 24.3 Å². The third kappa shape index (κ3) is 3.00. The van der Waals surface area contributed by atoms with Gasteiger partial charge >= 0.3 is 5.91 Å². The van der Waals surface area contributed by atoms with Crippen molar-refractivity contribution < 1.29 is 19.1 Å². The summed E-state index contributed by atoms with van der Waals surface area (Å²) in [6.07, 6.45) is 0.844. The highest BCUT2D eigenvalue weighted by atomic mass is 79.9. The molecule has 140 valence electrons. The van der Waals surface area contributed by atoms with Crippen LogP contribution in [-0.2, 0) is 17.8 Å². The minimum absolute atomic E-state index is 0.377. The maximum atomic E-state index is 12.5. The number of ether oxygens (including phenoxy) is 2. The lowest BCUT2D eigenvalue weighted by atomic mass is 9.99. The predicted molar refractivity (Wildman–Crippen MR) is 104 cm³/mol. The van der Waals surface area contributed by atoms with E-state index in [-0.39, 0.29) is 0 Å². The van der Waals surface area contributed by atoms with Gasteiger partial charge in [-0.05, 0) is 57.7 Å². The van der Waals surface area contributed by atoms with Gasteiger partial charge in [-0.2, -0.15) is 0 Å². The van der Waals surface area contributed by atoms with E-state index in [0.29, 0.717) is 34.7 Å². The first-order valence-corrected chi connectivity index (χ1v) is 9.43. The zero-order chi connectivity index (χ0) is 19.1. The predicted octanol–water partition coefficient (Wildman–Crippen LogP) is 3.01. The molecule has 0 radical (unpaired) electrons. The molecule has 6 nitrogen and oxygen atoms in total. The largest absolute Gasteiger partial charge is 0.493 e. The number of halogens is 1. The Balaban J connectivity index is 1.59. The lowest BCUT2D eigenvalue weighted by molar-refractivity contribution is -0.114. The Morgan fingerprint density at radius 1 is 1.07 bits per heavy atom. The molecule has 1 amide bonds. The van der Waals surface area contributed by atoms with Crippen molar-refractivity contribution in [2.75, 3.05) is 32.3 Å². The second-order valence-corrected chi connectivity index (χ2v) is 7.47. The second kappa shape index (κ2) is 6.98. The number of rotatable bonds is 4. The van der Waals surface area contributed by atoms with Crippen molar-refractivity contribution in [1.29, 1.82) is 0 Å². The molecule has 0 N–H and O–H groups in total. The molecule has 2 aliphatic heterocycles. The molecule has 4 rings (SSSR count). The third-order valence-electron chi connectivity index (χ3n) is 5.09. The third-order valence-corrected chi connectivity index (χ3v) is 5.75. The molecule has 2 aromatic carbocycles. The SMILES string of the molecule is COc1cc2c(cc1OC)CN(CN1C(=O)C(=O)c3c(Br)cccc31)CC2. The van der Waals surface area contributed by atoms with Gasteiger partial charge in [0.1, 0.15) is 0 Å². The second-order valence-electron chi connectivity index (χ2n) is 6.62. The maximum Gasteiger partial charge on any atom is 0.300 e. The maximum absolute atomic E-state index is 12.5. The van der Waals surface area contributed by atoms with Crippen molar-refractivity contribution in [3.63, 3.8) is 0 Å². The van der Waals surface area contributed by atoms with Crippen LogP contribution in [0.3, 0.4) is 0 Å². The van der Waals surface area contributed by atoms with E-state index in [1.807, 2.05) is 24.3 Å². The summed E-state index contributed by atoms with van der Waals surface area (Å²) in [6.45, 7) is 1.85. The Bertz CT molecular complexity index is 944. The molecule has 0 saturated heterocycles. The standard InChI is InChI=1S/C20H19BrN2O4/c1-26-16-8-12-6-7-22(10-13(12)9-17(16)27-2)11-23-15-5-3-4-14(21)18(15)19(24)20(23)25/h3-5,8-9H,6-7,10-11H2,1-2H3. The van der Waals surface area contributed by atoms with E-state index in [1.165, 1.54) is 5.56 Å². The van der Waals surface area contributed by atoms with Gasteiger partial charge in [0, 0.05) is 17.6 Å². The average molecular weight is 431 g/mol. The van der Waals surface area contributed by atoms with Gasteiger partial charge in [0.25, 0.3) is 5.78 Å².